The highest BCUT2D eigenvalue weighted by atomic mass is 35.5. The Morgan fingerprint density at radius 3 is 2.28 bits per heavy atom. The van der Waals surface area contributed by atoms with Crippen molar-refractivity contribution in [2.45, 2.75) is 25.7 Å². The molecule has 2 heterocycles. The molecule has 0 radical (unpaired) electrons. The van der Waals surface area contributed by atoms with Crippen molar-refractivity contribution >= 4 is 35.9 Å². The summed E-state index contributed by atoms with van der Waals surface area (Å²) >= 11 is 0. The Kier molecular flexibility index (Phi) is 8.72. The summed E-state index contributed by atoms with van der Waals surface area (Å²) in [6.45, 7) is 3.59. The van der Waals surface area contributed by atoms with Crippen molar-refractivity contribution in [3.05, 3.63) is 29.8 Å². The fourth-order valence-electron chi connectivity index (χ4n) is 3.75. The summed E-state index contributed by atoms with van der Waals surface area (Å²) < 4.78 is 0. The molecule has 3 rings (SSSR count). The van der Waals surface area contributed by atoms with E-state index >= 15 is 0 Å². The maximum absolute atomic E-state index is 12.7. The Morgan fingerprint density at radius 2 is 1.62 bits per heavy atom. The number of rotatable bonds is 5. The van der Waals surface area contributed by atoms with Gasteiger partial charge in [-0.2, -0.15) is 0 Å². The first-order valence-corrected chi connectivity index (χ1v) is 10.0. The highest BCUT2D eigenvalue weighted by molar-refractivity contribution is 6.04. The number of piperidine rings is 1. The lowest BCUT2D eigenvalue weighted by atomic mass is 9.95. The zero-order valence-electron chi connectivity index (χ0n) is 16.6. The first-order chi connectivity index (χ1) is 13.6. The number of carbonyl (C=O) groups is 3. The van der Waals surface area contributed by atoms with Crippen LogP contribution in [0.5, 0.6) is 0 Å². The number of carbonyl (C=O) groups excluding carboxylic acids is 3. The number of nitrogens with one attached hydrogen (secondary N) is 2. The highest BCUT2D eigenvalue weighted by Crippen LogP contribution is 2.23. The van der Waals surface area contributed by atoms with Crippen molar-refractivity contribution in [2.24, 2.45) is 11.7 Å². The van der Waals surface area contributed by atoms with Crippen molar-refractivity contribution in [2.75, 3.05) is 44.6 Å². The van der Waals surface area contributed by atoms with Crippen LogP contribution >= 0.6 is 12.4 Å². The molecule has 0 aliphatic carbocycles. The predicted molar refractivity (Wildman–Crippen MR) is 114 cm³/mol. The molecule has 4 amide bonds. The SMILES string of the molecule is Cl.NCCNC(=O)c1ccccc1NC(=O)C1CCN(C(=O)N2CCCC2)CC1. The van der Waals surface area contributed by atoms with Gasteiger partial charge in [-0.05, 0) is 37.8 Å². The van der Waals surface area contributed by atoms with Gasteiger partial charge in [-0.15, -0.1) is 12.4 Å². The molecule has 160 valence electrons. The molecule has 2 aliphatic rings. The van der Waals surface area contributed by atoms with Gasteiger partial charge in [-0.25, -0.2) is 4.79 Å². The molecule has 0 saturated carbocycles. The van der Waals surface area contributed by atoms with Gasteiger partial charge in [0.1, 0.15) is 0 Å². The van der Waals surface area contributed by atoms with E-state index in [1.165, 1.54) is 0 Å². The molecule has 2 saturated heterocycles. The van der Waals surface area contributed by atoms with Crippen LogP contribution in [0, 0.1) is 5.92 Å². The number of nitrogens with two attached hydrogens (primary N) is 1. The number of anilines is 1. The molecule has 4 N–H and O–H groups in total. The van der Waals surface area contributed by atoms with E-state index in [9.17, 15) is 14.4 Å². The molecule has 29 heavy (non-hydrogen) atoms. The van der Waals surface area contributed by atoms with Crippen LogP contribution in [0.4, 0.5) is 10.5 Å². The molecule has 8 nitrogen and oxygen atoms in total. The number of hydrogen-bond donors (Lipinski definition) is 3. The minimum atomic E-state index is -0.257. The minimum Gasteiger partial charge on any atom is -0.351 e. The van der Waals surface area contributed by atoms with Crippen molar-refractivity contribution in [3.63, 3.8) is 0 Å². The molecular formula is C20H30ClN5O3. The molecule has 0 aromatic heterocycles. The average Bonchev–Trinajstić information content (AvgIpc) is 3.27. The van der Waals surface area contributed by atoms with Crippen LogP contribution in [0.3, 0.4) is 0 Å². The van der Waals surface area contributed by atoms with Gasteiger partial charge in [0.2, 0.25) is 5.91 Å². The van der Waals surface area contributed by atoms with Crippen LogP contribution in [0.1, 0.15) is 36.0 Å². The third kappa shape index (κ3) is 5.83. The Hall–Kier alpha value is -2.32. The van der Waals surface area contributed by atoms with Crippen molar-refractivity contribution in [3.8, 4) is 0 Å². The lowest BCUT2D eigenvalue weighted by Crippen LogP contribution is -2.47. The number of halogens is 1. The standard InChI is InChI=1S/C20H29N5O3.ClH/c21-9-10-22-19(27)16-5-1-2-6-17(16)23-18(26)15-7-13-25(14-8-15)20(28)24-11-3-4-12-24;/h1-2,5-6,15H,3-4,7-14,21H2,(H,22,27)(H,23,26);1H. The second-order valence-corrected chi connectivity index (χ2v) is 7.32. The summed E-state index contributed by atoms with van der Waals surface area (Å²) in [5.41, 5.74) is 6.35. The molecule has 2 fully saturated rings. The lowest BCUT2D eigenvalue weighted by molar-refractivity contribution is -0.121. The van der Waals surface area contributed by atoms with Crippen LogP contribution in [0.15, 0.2) is 24.3 Å². The summed E-state index contributed by atoms with van der Waals surface area (Å²) in [5.74, 6) is -0.525. The van der Waals surface area contributed by atoms with Gasteiger partial charge in [0.15, 0.2) is 0 Å². The van der Waals surface area contributed by atoms with Gasteiger partial charge in [-0.1, -0.05) is 12.1 Å². The second kappa shape index (κ2) is 11.0. The molecular weight excluding hydrogens is 394 g/mol. The molecule has 0 unspecified atom stereocenters. The summed E-state index contributed by atoms with van der Waals surface area (Å²) in [5, 5.41) is 5.61. The van der Waals surface area contributed by atoms with Crippen LogP contribution in [-0.4, -0.2) is 66.9 Å². The van der Waals surface area contributed by atoms with Gasteiger partial charge in [0, 0.05) is 45.2 Å². The van der Waals surface area contributed by atoms with Gasteiger partial charge in [0.05, 0.1) is 11.3 Å². The summed E-state index contributed by atoms with van der Waals surface area (Å²) in [6.07, 6.45) is 3.41. The van der Waals surface area contributed by atoms with Crippen LogP contribution < -0.4 is 16.4 Å². The molecule has 0 bridgehead atoms. The van der Waals surface area contributed by atoms with E-state index in [0.717, 1.165) is 25.9 Å². The van der Waals surface area contributed by atoms with Crippen LogP contribution in [0.25, 0.3) is 0 Å². The average molecular weight is 424 g/mol. The number of hydrogen-bond acceptors (Lipinski definition) is 4. The van der Waals surface area contributed by atoms with E-state index in [1.807, 2.05) is 9.80 Å². The quantitative estimate of drug-likeness (QED) is 0.669. The van der Waals surface area contributed by atoms with Gasteiger partial charge in [-0.3, -0.25) is 9.59 Å². The fraction of sp³-hybridized carbons (Fsp3) is 0.550. The Bertz CT molecular complexity index is 716. The van der Waals surface area contributed by atoms with Gasteiger partial charge < -0.3 is 26.2 Å². The number of benzene rings is 1. The number of amides is 4. The predicted octanol–water partition coefficient (Wildman–Crippen LogP) is 1.66. The summed E-state index contributed by atoms with van der Waals surface area (Å²) in [4.78, 5) is 41.2. The van der Waals surface area contributed by atoms with Crippen molar-refractivity contribution in [1.82, 2.24) is 15.1 Å². The highest BCUT2D eigenvalue weighted by Gasteiger charge is 2.30. The number of likely N-dealkylation sites (tertiary alicyclic amines) is 2. The third-order valence-electron chi connectivity index (χ3n) is 5.37. The lowest BCUT2D eigenvalue weighted by Gasteiger charge is -2.34. The van der Waals surface area contributed by atoms with Gasteiger partial charge >= 0.3 is 6.03 Å². The van der Waals surface area contributed by atoms with Crippen LogP contribution in [-0.2, 0) is 4.79 Å². The number of nitrogens with zero attached hydrogens (tertiary/aromatic N) is 2. The maximum Gasteiger partial charge on any atom is 0.319 e. The molecule has 1 aromatic rings. The maximum atomic E-state index is 12.7. The van der Waals surface area contributed by atoms with Gasteiger partial charge in [0.25, 0.3) is 5.91 Å². The third-order valence-corrected chi connectivity index (χ3v) is 5.37. The molecule has 0 atom stereocenters. The van der Waals surface area contributed by atoms with E-state index < -0.39 is 0 Å². The normalized spacial score (nSPS) is 16.9. The zero-order chi connectivity index (χ0) is 19.9. The largest absolute Gasteiger partial charge is 0.351 e. The van der Waals surface area contributed by atoms with Crippen molar-refractivity contribution < 1.29 is 14.4 Å². The second-order valence-electron chi connectivity index (χ2n) is 7.32. The first-order valence-electron chi connectivity index (χ1n) is 10.0. The molecule has 1 aromatic carbocycles. The van der Waals surface area contributed by atoms with E-state index in [0.29, 0.717) is 50.3 Å². The minimum absolute atomic E-state index is 0. The number of para-hydroxylation sites is 1. The zero-order valence-corrected chi connectivity index (χ0v) is 17.4. The Labute approximate surface area is 177 Å². The molecule has 0 spiro atoms. The smallest absolute Gasteiger partial charge is 0.319 e. The van der Waals surface area contributed by atoms with E-state index in [1.54, 1.807) is 24.3 Å². The molecule has 9 heteroatoms. The Balaban J connectivity index is 0.00000300. The monoisotopic (exact) mass is 423 g/mol. The van der Waals surface area contributed by atoms with E-state index in [-0.39, 0.29) is 36.2 Å². The number of urea groups is 1. The first kappa shape index (κ1) is 23.0. The topological polar surface area (TPSA) is 108 Å². The van der Waals surface area contributed by atoms with E-state index in [4.69, 9.17) is 5.73 Å². The molecule has 2 aliphatic heterocycles. The summed E-state index contributed by atoms with van der Waals surface area (Å²) in [6, 6.07) is 7.04. The summed E-state index contributed by atoms with van der Waals surface area (Å²) in [7, 11) is 0. The Morgan fingerprint density at radius 1 is 1.00 bits per heavy atom. The fourth-order valence-corrected chi connectivity index (χ4v) is 3.75. The van der Waals surface area contributed by atoms with Crippen LogP contribution in [0.2, 0.25) is 0 Å². The van der Waals surface area contributed by atoms with Crippen molar-refractivity contribution in [1.29, 1.82) is 0 Å². The van der Waals surface area contributed by atoms with E-state index in [2.05, 4.69) is 10.6 Å².